The number of carbonyl (C=O) groups is 1. The number of nitrogens with zero attached hydrogens (tertiary/aromatic N) is 2. The molecule has 0 amide bonds. The predicted molar refractivity (Wildman–Crippen MR) is 79.0 cm³/mol. The summed E-state index contributed by atoms with van der Waals surface area (Å²) >= 11 is 0. The number of aryl methyl sites for hydroxylation is 1. The van der Waals surface area contributed by atoms with Crippen LogP contribution in [0.15, 0.2) is 6.07 Å². The number of hydrogen-bond donors (Lipinski definition) is 0. The van der Waals surface area contributed by atoms with E-state index in [-0.39, 0.29) is 11.4 Å². The second kappa shape index (κ2) is 4.59. The Labute approximate surface area is 125 Å². The van der Waals surface area contributed by atoms with Crippen molar-refractivity contribution in [1.82, 2.24) is 9.78 Å². The molecule has 4 bridgehead atoms. The number of hydrogen-bond acceptors (Lipinski definition) is 3. The highest BCUT2D eigenvalue weighted by Crippen LogP contribution is 2.60. The molecule has 21 heavy (non-hydrogen) atoms. The fourth-order valence-electron chi connectivity index (χ4n) is 5.69. The van der Waals surface area contributed by atoms with Crippen LogP contribution in [0.4, 0.5) is 0 Å². The zero-order valence-electron chi connectivity index (χ0n) is 13.0. The Kier molecular flexibility index (Phi) is 2.92. The van der Waals surface area contributed by atoms with E-state index in [1.54, 1.807) is 0 Å². The first-order valence-corrected chi connectivity index (χ1v) is 8.31. The molecular weight excluding hydrogens is 264 g/mol. The zero-order valence-corrected chi connectivity index (χ0v) is 13.0. The standard InChI is InChI=1S/C17H24N2O2/c1-3-21-16(20)14-7-15(19(2)18-14)17-8-11-4-12(9-17)6-13(5-11)10-17/h7,11-13H,3-6,8-10H2,1-2H3. The molecule has 0 aromatic carbocycles. The summed E-state index contributed by atoms with van der Waals surface area (Å²) in [5.41, 5.74) is 2.02. The van der Waals surface area contributed by atoms with Gasteiger partial charge in [0.25, 0.3) is 0 Å². The first kappa shape index (κ1) is 13.4. The van der Waals surface area contributed by atoms with E-state index in [4.69, 9.17) is 4.74 Å². The molecule has 4 aliphatic rings. The molecule has 0 unspecified atom stereocenters. The molecule has 0 aliphatic heterocycles. The third kappa shape index (κ3) is 2.02. The highest BCUT2D eigenvalue weighted by molar-refractivity contribution is 5.87. The average Bonchev–Trinajstić information content (AvgIpc) is 2.80. The number of esters is 1. The minimum atomic E-state index is -0.288. The van der Waals surface area contributed by atoms with Gasteiger partial charge in [0.1, 0.15) is 0 Å². The summed E-state index contributed by atoms with van der Waals surface area (Å²) in [5.74, 6) is 2.41. The Balaban J connectivity index is 1.68. The van der Waals surface area contributed by atoms with Gasteiger partial charge in [0.2, 0.25) is 0 Å². The highest BCUT2D eigenvalue weighted by atomic mass is 16.5. The van der Waals surface area contributed by atoms with E-state index in [0.717, 1.165) is 17.8 Å². The van der Waals surface area contributed by atoms with Gasteiger partial charge in [0.15, 0.2) is 5.69 Å². The second-order valence-electron chi connectivity index (χ2n) is 7.46. The van der Waals surface area contributed by atoms with Gasteiger partial charge in [0.05, 0.1) is 6.61 Å². The van der Waals surface area contributed by atoms with Crippen LogP contribution in [0.25, 0.3) is 0 Å². The van der Waals surface area contributed by atoms with Gasteiger partial charge in [-0.1, -0.05) is 0 Å². The van der Waals surface area contributed by atoms with Crippen molar-refractivity contribution in [1.29, 1.82) is 0 Å². The summed E-state index contributed by atoms with van der Waals surface area (Å²) in [6, 6.07) is 2.01. The van der Waals surface area contributed by atoms with Crippen molar-refractivity contribution in [3.8, 4) is 0 Å². The first-order chi connectivity index (χ1) is 10.1. The highest BCUT2D eigenvalue weighted by Gasteiger charge is 2.52. The third-order valence-electron chi connectivity index (χ3n) is 5.95. The van der Waals surface area contributed by atoms with E-state index in [1.807, 2.05) is 24.7 Å². The third-order valence-corrected chi connectivity index (χ3v) is 5.95. The van der Waals surface area contributed by atoms with Gasteiger partial charge >= 0.3 is 5.97 Å². The molecule has 114 valence electrons. The van der Waals surface area contributed by atoms with Crippen molar-refractivity contribution in [2.45, 2.75) is 50.9 Å². The number of carbonyl (C=O) groups excluding carboxylic acids is 1. The smallest absolute Gasteiger partial charge is 0.358 e. The molecule has 1 aromatic heterocycles. The fourth-order valence-corrected chi connectivity index (χ4v) is 5.69. The summed E-state index contributed by atoms with van der Waals surface area (Å²) in [6.07, 6.45) is 8.17. The molecule has 5 rings (SSSR count). The summed E-state index contributed by atoms with van der Waals surface area (Å²) in [6.45, 7) is 2.24. The van der Waals surface area contributed by atoms with E-state index < -0.39 is 0 Å². The van der Waals surface area contributed by atoms with E-state index in [0.29, 0.717) is 12.3 Å². The zero-order chi connectivity index (χ0) is 14.6. The maximum atomic E-state index is 11.9. The number of rotatable bonds is 3. The molecule has 4 saturated carbocycles. The van der Waals surface area contributed by atoms with Crippen molar-refractivity contribution in [3.63, 3.8) is 0 Å². The van der Waals surface area contributed by atoms with Crippen LogP contribution in [0.2, 0.25) is 0 Å². The molecule has 4 fully saturated rings. The van der Waals surface area contributed by atoms with Gasteiger partial charge in [-0.3, -0.25) is 4.68 Å². The van der Waals surface area contributed by atoms with E-state index in [1.165, 1.54) is 44.2 Å². The van der Waals surface area contributed by atoms with Crippen molar-refractivity contribution >= 4 is 5.97 Å². The Bertz CT molecular complexity index is 540. The maximum Gasteiger partial charge on any atom is 0.358 e. The maximum absolute atomic E-state index is 11.9. The Hall–Kier alpha value is -1.32. The molecule has 4 nitrogen and oxygen atoms in total. The Morgan fingerprint density at radius 2 is 1.86 bits per heavy atom. The lowest BCUT2D eigenvalue weighted by Gasteiger charge is -2.56. The van der Waals surface area contributed by atoms with Crippen molar-refractivity contribution in [2.24, 2.45) is 24.8 Å². The van der Waals surface area contributed by atoms with E-state index >= 15 is 0 Å². The second-order valence-corrected chi connectivity index (χ2v) is 7.46. The summed E-state index contributed by atoms with van der Waals surface area (Å²) in [7, 11) is 1.98. The molecular formula is C17H24N2O2. The Morgan fingerprint density at radius 3 is 2.38 bits per heavy atom. The first-order valence-electron chi connectivity index (χ1n) is 8.31. The van der Waals surface area contributed by atoms with Crippen LogP contribution in [0.5, 0.6) is 0 Å². The topological polar surface area (TPSA) is 44.1 Å². The SMILES string of the molecule is CCOC(=O)c1cc(C23CC4CC(CC(C4)C2)C3)n(C)n1. The van der Waals surface area contributed by atoms with Crippen molar-refractivity contribution < 1.29 is 9.53 Å². The van der Waals surface area contributed by atoms with E-state index in [2.05, 4.69) is 5.10 Å². The Morgan fingerprint density at radius 1 is 1.29 bits per heavy atom. The number of aromatic nitrogens is 2. The van der Waals surface area contributed by atoms with E-state index in [9.17, 15) is 4.79 Å². The molecule has 0 N–H and O–H groups in total. The van der Waals surface area contributed by atoms with Crippen LogP contribution < -0.4 is 0 Å². The minimum absolute atomic E-state index is 0.279. The molecule has 0 saturated heterocycles. The summed E-state index contributed by atoms with van der Waals surface area (Å²) < 4.78 is 7.04. The molecule has 0 atom stereocenters. The van der Waals surface area contributed by atoms with Crippen molar-refractivity contribution in [2.75, 3.05) is 6.61 Å². The predicted octanol–water partition coefficient (Wildman–Crippen LogP) is 3.06. The molecule has 0 radical (unpaired) electrons. The van der Waals surface area contributed by atoms with Crippen LogP contribution in [0.3, 0.4) is 0 Å². The largest absolute Gasteiger partial charge is 0.461 e. The minimum Gasteiger partial charge on any atom is -0.461 e. The van der Waals surface area contributed by atoms with Crippen LogP contribution >= 0.6 is 0 Å². The van der Waals surface area contributed by atoms with Crippen LogP contribution in [0.1, 0.15) is 61.6 Å². The van der Waals surface area contributed by atoms with Crippen LogP contribution in [-0.2, 0) is 17.2 Å². The average molecular weight is 288 g/mol. The van der Waals surface area contributed by atoms with Gasteiger partial charge < -0.3 is 4.74 Å². The molecule has 1 heterocycles. The fraction of sp³-hybridized carbons (Fsp3) is 0.765. The van der Waals surface area contributed by atoms with Gasteiger partial charge in [-0.2, -0.15) is 5.10 Å². The lowest BCUT2D eigenvalue weighted by atomic mass is 9.49. The van der Waals surface area contributed by atoms with Crippen molar-refractivity contribution in [3.05, 3.63) is 17.5 Å². The van der Waals surface area contributed by atoms with Crippen LogP contribution in [-0.4, -0.2) is 22.4 Å². The summed E-state index contributed by atoms with van der Waals surface area (Å²) in [4.78, 5) is 11.9. The molecule has 4 heteroatoms. The molecule has 1 aromatic rings. The van der Waals surface area contributed by atoms with Gasteiger partial charge in [-0.15, -0.1) is 0 Å². The molecule has 0 spiro atoms. The quantitative estimate of drug-likeness (QED) is 0.803. The van der Waals surface area contributed by atoms with Gasteiger partial charge in [-0.05, 0) is 69.3 Å². The normalized spacial score (nSPS) is 37.0. The lowest BCUT2D eigenvalue weighted by Crippen LogP contribution is -2.49. The van der Waals surface area contributed by atoms with Crippen LogP contribution in [0, 0.1) is 17.8 Å². The van der Waals surface area contributed by atoms with Gasteiger partial charge in [0, 0.05) is 18.2 Å². The molecule has 4 aliphatic carbocycles. The monoisotopic (exact) mass is 288 g/mol. The lowest BCUT2D eigenvalue weighted by molar-refractivity contribution is -0.00887. The number of ether oxygens (including phenoxy) is 1. The van der Waals surface area contributed by atoms with Gasteiger partial charge in [-0.25, -0.2) is 4.79 Å². The summed E-state index contributed by atoms with van der Waals surface area (Å²) in [5, 5.41) is 4.43.